The Hall–Kier alpha value is -1.68. The fourth-order valence-electron chi connectivity index (χ4n) is 1.49. The first-order chi connectivity index (χ1) is 7.79. The lowest BCUT2D eigenvalue weighted by Gasteiger charge is -1.95. The Morgan fingerprint density at radius 1 is 1.38 bits per heavy atom. The topological polar surface area (TPSA) is 51.0 Å². The van der Waals surface area contributed by atoms with Gasteiger partial charge in [0.2, 0.25) is 11.7 Å². The zero-order valence-electron chi connectivity index (χ0n) is 9.53. The molecule has 0 amide bonds. The van der Waals surface area contributed by atoms with Crippen LogP contribution in [0.25, 0.3) is 11.4 Å². The monoisotopic (exact) mass is 217 g/mol. The normalized spacial score (nSPS) is 10.6. The minimum Gasteiger partial charge on any atom is -0.339 e. The highest BCUT2D eigenvalue weighted by molar-refractivity contribution is 5.55. The van der Waals surface area contributed by atoms with Crippen LogP contribution in [-0.4, -0.2) is 23.7 Å². The summed E-state index contributed by atoms with van der Waals surface area (Å²) in [5, 5.41) is 7.01. The molecule has 2 rings (SSSR count). The van der Waals surface area contributed by atoms with Crippen molar-refractivity contribution in [2.45, 2.75) is 13.3 Å². The molecule has 16 heavy (non-hydrogen) atoms. The van der Waals surface area contributed by atoms with Crippen LogP contribution in [0.4, 0.5) is 0 Å². The summed E-state index contributed by atoms with van der Waals surface area (Å²) in [7, 11) is 1.90. The summed E-state index contributed by atoms with van der Waals surface area (Å²) in [5.41, 5.74) is 2.19. The van der Waals surface area contributed by atoms with Gasteiger partial charge in [-0.05, 0) is 20.0 Å². The predicted octanol–water partition coefficient (Wildman–Crippen LogP) is 1.81. The Labute approximate surface area is 94.7 Å². The Morgan fingerprint density at radius 3 is 3.00 bits per heavy atom. The Morgan fingerprint density at radius 2 is 2.25 bits per heavy atom. The number of aryl methyl sites for hydroxylation is 1. The Bertz CT molecular complexity index is 465. The standard InChI is InChI=1S/C12H15N3O/c1-9-4-3-5-10(8-9)12-14-11(16-15-12)6-7-13-2/h3-5,8,13H,6-7H2,1-2H3. The highest BCUT2D eigenvalue weighted by Crippen LogP contribution is 2.16. The molecule has 0 bridgehead atoms. The first-order valence-corrected chi connectivity index (χ1v) is 5.34. The van der Waals surface area contributed by atoms with Gasteiger partial charge in [0.1, 0.15) is 0 Å². The molecule has 0 atom stereocenters. The van der Waals surface area contributed by atoms with Gasteiger partial charge in [-0.25, -0.2) is 0 Å². The van der Waals surface area contributed by atoms with Crippen LogP contribution in [0.1, 0.15) is 11.5 Å². The number of hydrogen-bond donors (Lipinski definition) is 1. The van der Waals surface area contributed by atoms with Gasteiger partial charge in [-0.3, -0.25) is 0 Å². The van der Waals surface area contributed by atoms with E-state index in [-0.39, 0.29) is 0 Å². The van der Waals surface area contributed by atoms with Crippen LogP contribution < -0.4 is 5.32 Å². The molecule has 2 aromatic rings. The van der Waals surface area contributed by atoms with E-state index in [1.54, 1.807) is 0 Å². The van der Waals surface area contributed by atoms with Crippen LogP contribution in [0.5, 0.6) is 0 Å². The van der Waals surface area contributed by atoms with Crippen molar-refractivity contribution >= 4 is 0 Å². The average molecular weight is 217 g/mol. The van der Waals surface area contributed by atoms with Gasteiger partial charge >= 0.3 is 0 Å². The number of aromatic nitrogens is 2. The molecule has 0 fully saturated rings. The second-order valence-corrected chi connectivity index (χ2v) is 3.73. The first kappa shape index (κ1) is 10.8. The zero-order valence-corrected chi connectivity index (χ0v) is 9.53. The smallest absolute Gasteiger partial charge is 0.228 e. The minimum absolute atomic E-state index is 0.662. The summed E-state index contributed by atoms with van der Waals surface area (Å²) in [6, 6.07) is 8.08. The van der Waals surface area contributed by atoms with Gasteiger partial charge < -0.3 is 9.84 Å². The van der Waals surface area contributed by atoms with Crippen molar-refractivity contribution in [2.75, 3.05) is 13.6 Å². The largest absolute Gasteiger partial charge is 0.339 e. The van der Waals surface area contributed by atoms with E-state index in [1.807, 2.05) is 38.2 Å². The molecule has 0 aliphatic heterocycles. The van der Waals surface area contributed by atoms with Crippen molar-refractivity contribution in [1.29, 1.82) is 0 Å². The SMILES string of the molecule is CNCCc1nc(-c2cccc(C)c2)no1. The number of nitrogens with one attached hydrogen (secondary N) is 1. The zero-order chi connectivity index (χ0) is 11.4. The summed E-state index contributed by atoms with van der Waals surface area (Å²) in [5.74, 6) is 1.33. The quantitative estimate of drug-likeness (QED) is 0.848. The number of rotatable bonds is 4. The van der Waals surface area contributed by atoms with Gasteiger partial charge in [-0.2, -0.15) is 4.98 Å². The summed E-state index contributed by atoms with van der Waals surface area (Å²) in [6.07, 6.45) is 0.759. The van der Waals surface area contributed by atoms with E-state index in [0.29, 0.717) is 11.7 Å². The molecule has 0 spiro atoms. The van der Waals surface area contributed by atoms with E-state index in [2.05, 4.69) is 15.5 Å². The second-order valence-electron chi connectivity index (χ2n) is 3.73. The molecule has 1 heterocycles. The number of likely N-dealkylation sites (N-methyl/N-ethyl adjacent to an activating group) is 1. The third-order valence-corrected chi connectivity index (χ3v) is 2.33. The van der Waals surface area contributed by atoms with Gasteiger partial charge in [0.25, 0.3) is 0 Å². The van der Waals surface area contributed by atoms with E-state index in [9.17, 15) is 0 Å². The predicted molar refractivity (Wildman–Crippen MR) is 62.1 cm³/mol. The average Bonchev–Trinajstić information content (AvgIpc) is 2.75. The molecular formula is C12H15N3O. The molecule has 0 saturated carbocycles. The molecule has 4 heteroatoms. The molecule has 84 valence electrons. The molecule has 0 unspecified atom stereocenters. The molecule has 0 aliphatic carbocycles. The Balaban J connectivity index is 2.18. The molecule has 1 N–H and O–H groups in total. The van der Waals surface area contributed by atoms with Crippen LogP contribution in [0, 0.1) is 6.92 Å². The molecular weight excluding hydrogens is 202 g/mol. The summed E-state index contributed by atoms with van der Waals surface area (Å²) < 4.78 is 5.16. The van der Waals surface area contributed by atoms with E-state index in [0.717, 1.165) is 18.5 Å². The van der Waals surface area contributed by atoms with Gasteiger partial charge in [0, 0.05) is 18.5 Å². The lowest BCUT2D eigenvalue weighted by molar-refractivity contribution is 0.377. The van der Waals surface area contributed by atoms with Gasteiger partial charge in [0.15, 0.2) is 0 Å². The van der Waals surface area contributed by atoms with E-state index in [4.69, 9.17) is 4.52 Å². The molecule has 4 nitrogen and oxygen atoms in total. The van der Waals surface area contributed by atoms with Crippen molar-refractivity contribution in [3.05, 3.63) is 35.7 Å². The van der Waals surface area contributed by atoms with Gasteiger partial charge in [-0.15, -0.1) is 0 Å². The summed E-state index contributed by atoms with van der Waals surface area (Å²) in [6.45, 7) is 2.89. The minimum atomic E-state index is 0.662. The fourth-order valence-corrected chi connectivity index (χ4v) is 1.49. The van der Waals surface area contributed by atoms with E-state index >= 15 is 0 Å². The van der Waals surface area contributed by atoms with Crippen LogP contribution in [-0.2, 0) is 6.42 Å². The van der Waals surface area contributed by atoms with E-state index in [1.165, 1.54) is 5.56 Å². The fraction of sp³-hybridized carbons (Fsp3) is 0.333. The van der Waals surface area contributed by atoms with Crippen molar-refractivity contribution in [1.82, 2.24) is 15.5 Å². The number of hydrogen-bond acceptors (Lipinski definition) is 4. The maximum atomic E-state index is 5.16. The van der Waals surface area contributed by atoms with Crippen molar-refractivity contribution in [3.8, 4) is 11.4 Å². The summed E-state index contributed by atoms with van der Waals surface area (Å²) >= 11 is 0. The molecule has 1 aromatic heterocycles. The number of benzene rings is 1. The van der Waals surface area contributed by atoms with Crippen molar-refractivity contribution in [3.63, 3.8) is 0 Å². The Kier molecular flexibility index (Phi) is 3.31. The maximum Gasteiger partial charge on any atom is 0.228 e. The van der Waals surface area contributed by atoms with Crippen LogP contribution in [0.15, 0.2) is 28.8 Å². The maximum absolute atomic E-state index is 5.16. The second kappa shape index (κ2) is 4.90. The highest BCUT2D eigenvalue weighted by Gasteiger charge is 2.07. The third kappa shape index (κ3) is 2.46. The lowest BCUT2D eigenvalue weighted by atomic mass is 10.1. The van der Waals surface area contributed by atoms with Crippen LogP contribution in [0.3, 0.4) is 0 Å². The van der Waals surface area contributed by atoms with Gasteiger partial charge in [0.05, 0.1) is 0 Å². The number of nitrogens with zero attached hydrogens (tertiary/aromatic N) is 2. The summed E-state index contributed by atoms with van der Waals surface area (Å²) in [4.78, 5) is 4.34. The third-order valence-electron chi connectivity index (χ3n) is 2.33. The molecule has 0 radical (unpaired) electrons. The lowest BCUT2D eigenvalue weighted by Crippen LogP contribution is -2.10. The van der Waals surface area contributed by atoms with Crippen LogP contribution >= 0.6 is 0 Å². The molecule has 0 saturated heterocycles. The van der Waals surface area contributed by atoms with Crippen molar-refractivity contribution < 1.29 is 4.52 Å². The molecule has 1 aromatic carbocycles. The molecule has 0 aliphatic rings. The van der Waals surface area contributed by atoms with E-state index < -0.39 is 0 Å². The van der Waals surface area contributed by atoms with Gasteiger partial charge in [-0.1, -0.05) is 28.9 Å². The van der Waals surface area contributed by atoms with Crippen LogP contribution in [0.2, 0.25) is 0 Å². The highest BCUT2D eigenvalue weighted by atomic mass is 16.5. The van der Waals surface area contributed by atoms with Crippen molar-refractivity contribution in [2.24, 2.45) is 0 Å². The first-order valence-electron chi connectivity index (χ1n) is 5.34.